The van der Waals surface area contributed by atoms with Crippen LogP contribution < -0.4 is 10.0 Å². The Hall–Kier alpha value is -0.330. The van der Waals surface area contributed by atoms with Crippen LogP contribution in [0.2, 0.25) is 5.02 Å². The van der Waals surface area contributed by atoms with Gasteiger partial charge in [-0.25, -0.2) is 13.1 Å². The van der Waals surface area contributed by atoms with Gasteiger partial charge in [0, 0.05) is 17.6 Å². The molecule has 2 N–H and O–H groups in total. The molecule has 1 aliphatic heterocycles. The van der Waals surface area contributed by atoms with Crippen molar-refractivity contribution in [1.29, 1.82) is 0 Å². The number of sulfonamides is 1. The Bertz CT molecular complexity index is 529. The first-order valence-corrected chi connectivity index (χ1v) is 7.84. The van der Waals surface area contributed by atoms with Crippen molar-refractivity contribution in [2.45, 2.75) is 30.7 Å². The summed E-state index contributed by atoms with van der Waals surface area (Å²) in [6.45, 7) is 3.40. The molecule has 1 heterocycles. The maximum Gasteiger partial charge on any atom is 0.241 e. The number of benzene rings is 1. The zero-order valence-electron chi connectivity index (χ0n) is 10.6. The van der Waals surface area contributed by atoms with Crippen molar-refractivity contribution in [2.75, 3.05) is 13.1 Å². The molecule has 2 rings (SSSR count). The fraction of sp³-hybridized carbons (Fsp3) is 0.500. The average Bonchev–Trinajstić information content (AvgIpc) is 2.33. The molecule has 7 heteroatoms. The van der Waals surface area contributed by atoms with Gasteiger partial charge in [0.15, 0.2) is 0 Å². The topological polar surface area (TPSA) is 58.2 Å². The first kappa shape index (κ1) is 16.7. The van der Waals surface area contributed by atoms with Crippen LogP contribution in [0.5, 0.6) is 0 Å². The van der Waals surface area contributed by atoms with E-state index in [2.05, 4.69) is 10.0 Å². The molecule has 1 aliphatic rings. The Balaban J connectivity index is 0.00000180. The Labute approximate surface area is 125 Å². The minimum absolute atomic E-state index is 0. The van der Waals surface area contributed by atoms with Crippen LogP contribution in [0.15, 0.2) is 23.1 Å². The van der Waals surface area contributed by atoms with Crippen LogP contribution in [0, 0.1) is 6.92 Å². The van der Waals surface area contributed by atoms with Crippen LogP contribution in [-0.4, -0.2) is 27.5 Å². The lowest BCUT2D eigenvalue weighted by Gasteiger charge is -2.24. The van der Waals surface area contributed by atoms with E-state index in [1.807, 2.05) is 0 Å². The third-order valence-corrected chi connectivity index (χ3v) is 4.96. The number of rotatable bonds is 3. The summed E-state index contributed by atoms with van der Waals surface area (Å²) in [4.78, 5) is 0.264. The highest BCUT2D eigenvalue weighted by molar-refractivity contribution is 7.89. The summed E-state index contributed by atoms with van der Waals surface area (Å²) in [5.41, 5.74) is 0.704. The van der Waals surface area contributed by atoms with E-state index in [1.165, 1.54) is 6.07 Å². The van der Waals surface area contributed by atoms with Gasteiger partial charge in [0.1, 0.15) is 0 Å². The summed E-state index contributed by atoms with van der Waals surface area (Å²) >= 11 is 5.86. The Morgan fingerprint density at radius 1 is 1.42 bits per heavy atom. The summed E-state index contributed by atoms with van der Waals surface area (Å²) in [5, 5.41) is 3.61. The third kappa shape index (κ3) is 4.33. The van der Waals surface area contributed by atoms with Crippen LogP contribution in [0.4, 0.5) is 0 Å². The largest absolute Gasteiger partial charge is 0.315 e. The van der Waals surface area contributed by atoms with E-state index >= 15 is 0 Å². The summed E-state index contributed by atoms with van der Waals surface area (Å²) in [7, 11) is -3.49. The van der Waals surface area contributed by atoms with Gasteiger partial charge < -0.3 is 5.32 Å². The summed E-state index contributed by atoms with van der Waals surface area (Å²) in [6.07, 6.45) is 1.85. The molecule has 1 aromatic carbocycles. The predicted molar refractivity (Wildman–Crippen MR) is 79.7 cm³/mol. The highest BCUT2D eigenvalue weighted by atomic mass is 35.5. The van der Waals surface area contributed by atoms with Gasteiger partial charge in [0.2, 0.25) is 10.0 Å². The fourth-order valence-electron chi connectivity index (χ4n) is 2.10. The second-order valence-electron chi connectivity index (χ2n) is 4.57. The van der Waals surface area contributed by atoms with Gasteiger partial charge in [-0.1, -0.05) is 17.7 Å². The molecular formula is C12H18Cl2N2O2S. The molecule has 108 valence electrons. The molecule has 0 saturated carbocycles. The molecule has 0 bridgehead atoms. The zero-order chi connectivity index (χ0) is 13.2. The number of hydrogen-bond acceptors (Lipinski definition) is 3. The molecule has 19 heavy (non-hydrogen) atoms. The minimum Gasteiger partial charge on any atom is -0.315 e. The van der Waals surface area contributed by atoms with Gasteiger partial charge in [0.05, 0.1) is 4.90 Å². The van der Waals surface area contributed by atoms with Crippen molar-refractivity contribution in [3.05, 3.63) is 28.8 Å². The van der Waals surface area contributed by atoms with Gasteiger partial charge in [-0.2, -0.15) is 0 Å². The molecule has 1 atom stereocenters. The smallest absolute Gasteiger partial charge is 0.241 e. The van der Waals surface area contributed by atoms with Crippen molar-refractivity contribution in [3.8, 4) is 0 Å². The third-order valence-electron chi connectivity index (χ3n) is 3.06. The van der Waals surface area contributed by atoms with Gasteiger partial charge in [0.25, 0.3) is 0 Å². The van der Waals surface area contributed by atoms with E-state index < -0.39 is 10.0 Å². The molecular weight excluding hydrogens is 307 g/mol. The molecule has 1 aromatic rings. The number of halogens is 2. The summed E-state index contributed by atoms with van der Waals surface area (Å²) in [6, 6.07) is 4.87. The van der Waals surface area contributed by atoms with Crippen molar-refractivity contribution in [1.82, 2.24) is 10.0 Å². The highest BCUT2D eigenvalue weighted by Crippen LogP contribution is 2.20. The fourth-order valence-corrected chi connectivity index (χ4v) is 3.88. The zero-order valence-corrected chi connectivity index (χ0v) is 13.0. The van der Waals surface area contributed by atoms with Crippen LogP contribution in [0.3, 0.4) is 0 Å². The second-order valence-corrected chi connectivity index (χ2v) is 6.69. The Kier molecular flexibility index (Phi) is 6.08. The molecule has 0 unspecified atom stereocenters. The standard InChI is InChI=1S/C12H17ClN2O2S.ClH/c1-9-4-5-10(13)7-12(9)18(16,17)15-11-3-2-6-14-8-11;/h4-5,7,11,14-15H,2-3,6,8H2,1H3;1H/t11-;/m0./s1. The van der Waals surface area contributed by atoms with E-state index in [0.29, 0.717) is 17.1 Å². The monoisotopic (exact) mass is 324 g/mol. The van der Waals surface area contributed by atoms with Crippen LogP contribution in [0.25, 0.3) is 0 Å². The predicted octanol–water partition coefficient (Wildman–Crippen LogP) is 2.10. The molecule has 4 nitrogen and oxygen atoms in total. The number of piperidine rings is 1. The lowest BCUT2D eigenvalue weighted by molar-refractivity contribution is 0.428. The molecule has 0 amide bonds. The number of hydrogen-bond donors (Lipinski definition) is 2. The van der Waals surface area contributed by atoms with E-state index in [-0.39, 0.29) is 23.3 Å². The van der Waals surface area contributed by atoms with Gasteiger partial charge in [-0.15, -0.1) is 12.4 Å². The quantitative estimate of drug-likeness (QED) is 0.895. The van der Waals surface area contributed by atoms with Crippen LogP contribution in [0.1, 0.15) is 18.4 Å². The molecule has 1 fully saturated rings. The normalized spacial score (nSPS) is 19.8. The maximum atomic E-state index is 12.3. The van der Waals surface area contributed by atoms with Crippen LogP contribution in [-0.2, 0) is 10.0 Å². The van der Waals surface area contributed by atoms with E-state index in [9.17, 15) is 8.42 Å². The molecule has 0 aromatic heterocycles. The lowest BCUT2D eigenvalue weighted by atomic mass is 10.1. The van der Waals surface area contributed by atoms with E-state index in [4.69, 9.17) is 11.6 Å². The van der Waals surface area contributed by atoms with Crippen molar-refractivity contribution < 1.29 is 8.42 Å². The second kappa shape index (κ2) is 6.90. The van der Waals surface area contributed by atoms with Gasteiger partial charge in [-0.3, -0.25) is 0 Å². The van der Waals surface area contributed by atoms with Crippen molar-refractivity contribution >= 4 is 34.0 Å². The van der Waals surface area contributed by atoms with Gasteiger partial charge in [-0.05, 0) is 44.0 Å². The Morgan fingerprint density at radius 2 is 2.16 bits per heavy atom. The van der Waals surface area contributed by atoms with Crippen molar-refractivity contribution in [2.24, 2.45) is 0 Å². The molecule has 0 radical (unpaired) electrons. The number of nitrogens with one attached hydrogen (secondary N) is 2. The molecule has 0 aliphatic carbocycles. The number of aryl methyl sites for hydroxylation is 1. The SMILES string of the molecule is Cc1ccc(Cl)cc1S(=O)(=O)N[C@H]1CCCNC1.Cl. The molecule has 1 saturated heterocycles. The van der Waals surface area contributed by atoms with Gasteiger partial charge >= 0.3 is 0 Å². The highest BCUT2D eigenvalue weighted by Gasteiger charge is 2.23. The summed E-state index contributed by atoms with van der Waals surface area (Å²) < 4.78 is 27.3. The Morgan fingerprint density at radius 3 is 2.79 bits per heavy atom. The first-order valence-electron chi connectivity index (χ1n) is 5.98. The summed E-state index contributed by atoms with van der Waals surface area (Å²) in [5.74, 6) is 0. The maximum absolute atomic E-state index is 12.3. The average molecular weight is 325 g/mol. The van der Waals surface area contributed by atoms with Crippen molar-refractivity contribution in [3.63, 3.8) is 0 Å². The first-order chi connectivity index (χ1) is 8.49. The van der Waals surface area contributed by atoms with Crippen LogP contribution >= 0.6 is 24.0 Å². The lowest BCUT2D eigenvalue weighted by Crippen LogP contribution is -2.45. The van der Waals surface area contributed by atoms with E-state index in [1.54, 1.807) is 19.1 Å². The minimum atomic E-state index is -3.49. The molecule has 0 spiro atoms. The van der Waals surface area contributed by atoms with E-state index in [0.717, 1.165) is 19.4 Å².